The normalized spacial score (nSPS) is 27.6. The van der Waals surface area contributed by atoms with Crippen molar-refractivity contribution in [3.8, 4) is 5.75 Å². The number of hydrogen-bond acceptors (Lipinski definition) is 8. The van der Waals surface area contributed by atoms with E-state index < -0.39 is 52.0 Å². The Morgan fingerprint density at radius 3 is 2.42 bits per heavy atom. The lowest BCUT2D eigenvalue weighted by atomic mass is 9.59. The zero-order valence-corrected chi connectivity index (χ0v) is 18.4. The van der Waals surface area contributed by atoms with Crippen LogP contribution in [0.5, 0.6) is 5.75 Å². The highest BCUT2D eigenvalue weighted by Gasteiger charge is 2.60. The zero-order chi connectivity index (χ0) is 23.0. The van der Waals surface area contributed by atoms with E-state index in [1.54, 1.807) is 22.6 Å². The summed E-state index contributed by atoms with van der Waals surface area (Å²) >= 11 is 1.79. The van der Waals surface area contributed by atoms with Gasteiger partial charge in [-0.15, -0.1) is 0 Å². The number of carbonyl (C=O) groups excluding carboxylic acids is 4. The smallest absolute Gasteiger partial charge is 0.255 e. The molecule has 0 aromatic heterocycles. The van der Waals surface area contributed by atoms with Gasteiger partial charge in [0.2, 0.25) is 5.78 Å². The van der Waals surface area contributed by atoms with E-state index in [-0.39, 0.29) is 51.1 Å². The van der Waals surface area contributed by atoms with Crippen LogP contribution in [0.1, 0.15) is 41.3 Å². The van der Waals surface area contributed by atoms with Gasteiger partial charge in [-0.25, -0.2) is 0 Å². The van der Waals surface area contributed by atoms with Gasteiger partial charge >= 0.3 is 0 Å². The lowest BCUT2D eigenvalue weighted by molar-refractivity contribution is -0.147. The van der Waals surface area contributed by atoms with Gasteiger partial charge in [0.15, 0.2) is 17.2 Å². The van der Waals surface area contributed by atoms with Crippen molar-refractivity contribution in [1.29, 1.82) is 0 Å². The summed E-state index contributed by atoms with van der Waals surface area (Å²) < 4.78 is 0.286. The van der Waals surface area contributed by atoms with Crippen molar-refractivity contribution in [2.45, 2.75) is 31.8 Å². The van der Waals surface area contributed by atoms with Gasteiger partial charge in [0.1, 0.15) is 22.8 Å². The second kappa shape index (κ2) is 6.89. The van der Waals surface area contributed by atoms with Gasteiger partial charge in [-0.1, -0.05) is 0 Å². The summed E-state index contributed by atoms with van der Waals surface area (Å²) in [5, 5.41) is 43.2. The molecule has 0 spiro atoms. The Hall–Kier alpha value is -2.73. The molecule has 31 heavy (non-hydrogen) atoms. The van der Waals surface area contributed by atoms with E-state index in [0.717, 1.165) is 0 Å². The molecule has 0 saturated heterocycles. The topological polar surface area (TPSA) is 175 Å². The van der Waals surface area contributed by atoms with Crippen molar-refractivity contribution >= 4 is 51.6 Å². The number of ketones is 3. The third-order valence-corrected chi connectivity index (χ3v) is 7.22. The standard InChI is InChI=1S/C21H18INO8/c1-6(24)9-5-11(22)16(26)14-10(9)3-7-2-8-4-12(25)15(20(23)30)19(29)21(8,31)18(28)13(7)17(14)27/h5,7-8,26-27,29,31H,2-4H2,1H3,(H2,23,30)/t7-,8+,21+/m1/s1. The van der Waals surface area contributed by atoms with Crippen LogP contribution in [0.4, 0.5) is 0 Å². The van der Waals surface area contributed by atoms with Crippen LogP contribution in [-0.4, -0.2) is 49.3 Å². The number of benzene rings is 1. The molecule has 3 aliphatic rings. The number of nitrogens with two attached hydrogens (primary N) is 1. The molecule has 9 nitrogen and oxygen atoms in total. The minimum atomic E-state index is -2.60. The molecule has 1 aromatic rings. The predicted octanol–water partition coefficient (Wildman–Crippen LogP) is 1.23. The molecule has 0 unspecified atom stereocenters. The van der Waals surface area contributed by atoms with E-state index in [1.165, 1.54) is 13.0 Å². The van der Waals surface area contributed by atoms with E-state index in [2.05, 4.69) is 0 Å². The van der Waals surface area contributed by atoms with Gasteiger partial charge < -0.3 is 26.2 Å². The first-order valence-electron chi connectivity index (χ1n) is 9.43. The average Bonchev–Trinajstić information content (AvgIpc) is 2.66. The number of fused-ring (bicyclic) bond motifs is 3. The van der Waals surface area contributed by atoms with E-state index >= 15 is 0 Å². The summed E-state index contributed by atoms with van der Waals surface area (Å²) in [6, 6.07) is 1.49. The maximum atomic E-state index is 13.4. The number of aromatic hydroxyl groups is 1. The van der Waals surface area contributed by atoms with Gasteiger partial charge in [-0.2, -0.15) is 0 Å². The number of halogens is 1. The quantitative estimate of drug-likeness (QED) is 0.212. The Bertz CT molecular complexity index is 1180. The molecule has 3 aliphatic carbocycles. The van der Waals surface area contributed by atoms with Crippen LogP contribution in [0.25, 0.3) is 5.76 Å². The third-order valence-electron chi connectivity index (χ3n) is 6.40. The molecule has 10 heteroatoms. The number of hydrogen-bond donors (Lipinski definition) is 5. The fourth-order valence-electron chi connectivity index (χ4n) is 4.97. The van der Waals surface area contributed by atoms with Crippen LogP contribution in [0.3, 0.4) is 0 Å². The largest absolute Gasteiger partial charge is 0.508 e. The predicted molar refractivity (Wildman–Crippen MR) is 114 cm³/mol. The monoisotopic (exact) mass is 539 g/mol. The molecule has 0 radical (unpaired) electrons. The minimum Gasteiger partial charge on any atom is -0.508 e. The van der Waals surface area contributed by atoms with Crippen molar-refractivity contribution in [3.05, 3.63) is 43.2 Å². The molecule has 3 atom stereocenters. The highest BCUT2D eigenvalue weighted by atomic mass is 127. The number of Topliss-reactive ketones (excluding diaryl/α,β-unsaturated/α-hetero) is 3. The SMILES string of the molecule is CC(=O)c1cc(I)c(O)c2c1C[C@H]1C[C@H]3CC(=O)C(C(N)=O)=C(O)[C@@]3(O)C(=O)C1=C2O. The number of amides is 1. The number of aliphatic hydroxyl groups is 3. The summed E-state index contributed by atoms with van der Waals surface area (Å²) in [4.78, 5) is 49.5. The Balaban J connectivity index is 1.98. The second-order valence-electron chi connectivity index (χ2n) is 8.07. The minimum absolute atomic E-state index is 0.0208. The van der Waals surface area contributed by atoms with Crippen LogP contribution in [0, 0.1) is 15.4 Å². The Morgan fingerprint density at radius 2 is 1.84 bits per heavy atom. The summed E-state index contributed by atoms with van der Waals surface area (Å²) in [5.74, 6) is -7.16. The summed E-state index contributed by atoms with van der Waals surface area (Å²) in [5.41, 5.74) is 2.06. The second-order valence-corrected chi connectivity index (χ2v) is 9.23. The fraction of sp³-hybridized carbons (Fsp3) is 0.333. The Labute approximate surface area is 189 Å². The number of primary amides is 1. The van der Waals surface area contributed by atoms with Gasteiger partial charge in [0.05, 0.1) is 9.13 Å². The molecule has 0 heterocycles. The van der Waals surface area contributed by atoms with Crippen LogP contribution < -0.4 is 5.73 Å². The van der Waals surface area contributed by atoms with Crippen molar-refractivity contribution in [2.75, 3.05) is 0 Å². The third kappa shape index (κ3) is 2.77. The molecule has 1 amide bonds. The van der Waals surface area contributed by atoms with E-state index in [9.17, 15) is 39.6 Å². The van der Waals surface area contributed by atoms with E-state index in [0.29, 0.717) is 5.56 Å². The Morgan fingerprint density at radius 1 is 1.19 bits per heavy atom. The number of aliphatic hydroxyl groups excluding tert-OH is 2. The van der Waals surface area contributed by atoms with Crippen molar-refractivity contribution in [1.82, 2.24) is 0 Å². The van der Waals surface area contributed by atoms with Crippen molar-refractivity contribution < 1.29 is 39.6 Å². The van der Waals surface area contributed by atoms with Crippen LogP contribution in [0.2, 0.25) is 0 Å². The fourth-order valence-corrected chi connectivity index (χ4v) is 5.55. The molecule has 1 aromatic carbocycles. The lowest BCUT2D eigenvalue weighted by Gasteiger charge is -2.46. The van der Waals surface area contributed by atoms with Crippen LogP contribution in [-0.2, 0) is 20.8 Å². The first-order valence-corrected chi connectivity index (χ1v) is 10.5. The molecule has 0 bridgehead atoms. The maximum absolute atomic E-state index is 13.4. The first-order chi connectivity index (χ1) is 14.4. The number of phenols is 1. The number of carbonyl (C=O) groups is 4. The van der Waals surface area contributed by atoms with Gasteiger partial charge in [0, 0.05) is 23.5 Å². The molecule has 1 fully saturated rings. The van der Waals surface area contributed by atoms with Crippen LogP contribution in [0.15, 0.2) is 23.0 Å². The zero-order valence-electron chi connectivity index (χ0n) is 16.2. The van der Waals surface area contributed by atoms with Gasteiger partial charge in [-0.3, -0.25) is 19.2 Å². The molecule has 0 aliphatic heterocycles. The van der Waals surface area contributed by atoms with E-state index in [4.69, 9.17) is 5.73 Å². The van der Waals surface area contributed by atoms with Gasteiger partial charge in [-0.05, 0) is 59.9 Å². The summed E-state index contributed by atoms with van der Waals surface area (Å²) in [6.07, 6.45) is -0.264. The Kier molecular flexibility index (Phi) is 4.78. The van der Waals surface area contributed by atoms with Gasteiger partial charge in [0.25, 0.3) is 5.91 Å². The molecule has 162 valence electrons. The highest BCUT2D eigenvalue weighted by molar-refractivity contribution is 14.1. The average molecular weight is 539 g/mol. The van der Waals surface area contributed by atoms with E-state index in [1.807, 2.05) is 0 Å². The molecule has 4 rings (SSSR count). The first kappa shape index (κ1) is 21.5. The van der Waals surface area contributed by atoms with Crippen molar-refractivity contribution in [2.24, 2.45) is 17.6 Å². The highest BCUT2D eigenvalue weighted by Crippen LogP contribution is 2.52. The molecular formula is C21H18INO8. The molecular weight excluding hydrogens is 521 g/mol. The van der Waals surface area contributed by atoms with Crippen molar-refractivity contribution in [3.63, 3.8) is 0 Å². The lowest BCUT2D eigenvalue weighted by Crippen LogP contribution is -2.58. The molecule has 6 N–H and O–H groups in total. The number of phenolic OH excluding ortho intramolecular Hbond substituents is 1. The summed E-state index contributed by atoms with van der Waals surface area (Å²) in [6.45, 7) is 1.35. The maximum Gasteiger partial charge on any atom is 0.255 e. The molecule has 1 saturated carbocycles. The number of rotatable bonds is 2. The summed E-state index contributed by atoms with van der Waals surface area (Å²) in [7, 11) is 0. The van der Waals surface area contributed by atoms with Crippen LogP contribution >= 0.6 is 22.6 Å².